The highest BCUT2D eigenvalue weighted by molar-refractivity contribution is 5.68. The van der Waals surface area contributed by atoms with E-state index < -0.39 is 12.4 Å². The van der Waals surface area contributed by atoms with Crippen molar-refractivity contribution in [2.24, 2.45) is 5.92 Å². The number of aliphatic hydroxyl groups excluding tert-OH is 1. The van der Waals surface area contributed by atoms with Gasteiger partial charge in [-0.15, -0.1) is 0 Å². The van der Waals surface area contributed by atoms with Gasteiger partial charge < -0.3 is 19.3 Å². The summed E-state index contributed by atoms with van der Waals surface area (Å²) in [5.74, 6) is 0.105. The number of nitrogens with zero attached hydrogens (tertiary/aromatic N) is 1. The molecule has 0 heterocycles. The second-order valence-corrected chi connectivity index (χ2v) is 4.25. The maximum absolute atomic E-state index is 11.9. The first-order valence-electron chi connectivity index (χ1n) is 6.11. The van der Waals surface area contributed by atoms with Crippen LogP contribution in [0.15, 0.2) is 0 Å². The average Bonchev–Trinajstić information content (AvgIpc) is 2.34. The summed E-state index contributed by atoms with van der Waals surface area (Å²) in [5.41, 5.74) is 0. The van der Waals surface area contributed by atoms with Crippen LogP contribution in [0.5, 0.6) is 0 Å². The molecule has 0 aromatic heterocycles. The van der Waals surface area contributed by atoms with Gasteiger partial charge in [0.1, 0.15) is 0 Å². The predicted molar refractivity (Wildman–Crippen MR) is 67.2 cm³/mol. The van der Waals surface area contributed by atoms with Crippen molar-refractivity contribution in [1.29, 1.82) is 0 Å². The Kier molecular flexibility index (Phi) is 8.70. The van der Waals surface area contributed by atoms with Gasteiger partial charge in [-0.2, -0.15) is 0 Å². The molecule has 0 aromatic rings. The molecule has 0 rings (SSSR count). The molecule has 18 heavy (non-hydrogen) atoms. The fourth-order valence-corrected chi connectivity index (χ4v) is 1.63. The van der Waals surface area contributed by atoms with Crippen LogP contribution in [0.3, 0.4) is 0 Å². The summed E-state index contributed by atoms with van der Waals surface area (Å²) in [6, 6.07) is -0.322. The van der Waals surface area contributed by atoms with E-state index in [4.69, 9.17) is 14.2 Å². The quantitative estimate of drug-likeness (QED) is 0.664. The van der Waals surface area contributed by atoms with Crippen LogP contribution in [-0.2, 0) is 14.2 Å². The van der Waals surface area contributed by atoms with E-state index in [1.807, 2.05) is 13.8 Å². The van der Waals surface area contributed by atoms with Crippen LogP contribution in [0, 0.1) is 5.92 Å². The van der Waals surface area contributed by atoms with E-state index >= 15 is 0 Å². The summed E-state index contributed by atoms with van der Waals surface area (Å²) in [4.78, 5) is 13.3. The number of carbonyl (C=O) groups excluding carboxylic acids is 1. The summed E-state index contributed by atoms with van der Waals surface area (Å²) in [6.45, 7) is 5.98. The molecule has 0 aliphatic carbocycles. The molecule has 0 aromatic carbocycles. The molecule has 0 saturated heterocycles. The molecular formula is C12H25NO5. The molecule has 0 radical (unpaired) electrons. The van der Waals surface area contributed by atoms with Crippen LogP contribution in [0.25, 0.3) is 0 Å². The Morgan fingerprint density at radius 2 is 1.83 bits per heavy atom. The van der Waals surface area contributed by atoms with E-state index in [9.17, 15) is 9.90 Å². The van der Waals surface area contributed by atoms with Crippen molar-refractivity contribution in [3.05, 3.63) is 0 Å². The van der Waals surface area contributed by atoms with Gasteiger partial charge in [-0.05, 0) is 12.8 Å². The molecule has 1 atom stereocenters. The molecule has 0 aliphatic heterocycles. The average molecular weight is 263 g/mol. The third-order valence-electron chi connectivity index (χ3n) is 2.73. The van der Waals surface area contributed by atoms with Gasteiger partial charge in [0.2, 0.25) is 0 Å². The third kappa shape index (κ3) is 5.20. The van der Waals surface area contributed by atoms with E-state index in [0.717, 1.165) is 0 Å². The number of methoxy groups -OCH3 is 2. The van der Waals surface area contributed by atoms with Crippen molar-refractivity contribution >= 4 is 6.09 Å². The minimum atomic E-state index is -0.540. The molecule has 0 bridgehead atoms. The number of rotatable bonds is 8. The highest BCUT2D eigenvalue weighted by Gasteiger charge is 2.29. The molecule has 1 N–H and O–H groups in total. The largest absolute Gasteiger partial charge is 0.450 e. The number of ether oxygens (including phenoxy) is 3. The topological polar surface area (TPSA) is 68.2 Å². The zero-order valence-corrected chi connectivity index (χ0v) is 11.9. The Balaban J connectivity index is 4.84. The Hall–Kier alpha value is -0.850. The summed E-state index contributed by atoms with van der Waals surface area (Å²) >= 11 is 0. The lowest BCUT2D eigenvalue weighted by Gasteiger charge is -2.34. The summed E-state index contributed by atoms with van der Waals surface area (Å²) in [5, 5.41) is 9.41. The number of amides is 1. The van der Waals surface area contributed by atoms with Gasteiger partial charge in [-0.25, -0.2) is 4.79 Å². The fourth-order valence-electron chi connectivity index (χ4n) is 1.63. The highest BCUT2D eigenvalue weighted by atomic mass is 16.7. The van der Waals surface area contributed by atoms with Gasteiger partial charge in [0.15, 0.2) is 6.29 Å². The van der Waals surface area contributed by atoms with Gasteiger partial charge in [0.25, 0.3) is 0 Å². The van der Waals surface area contributed by atoms with Crippen molar-refractivity contribution in [3.8, 4) is 0 Å². The molecule has 0 saturated carbocycles. The van der Waals surface area contributed by atoms with E-state index in [1.54, 1.807) is 6.92 Å². The fraction of sp³-hybridized carbons (Fsp3) is 0.917. The van der Waals surface area contributed by atoms with Crippen LogP contribution in [0.4, 0.5) is 4.79 Å². The lowest BCUT2D eigenvalue weighted by atomic mass is 10.0. The number of hydrogen-bond donors (Lipinski definition) is 1. The Labute approximate surface area is 109 Å². The van der Waals surface area contributed by atoms with Crippen molar-refractivity contribution in [3.63, 3.8) is 0 Å². The Bertz CT molecular complexity index is 231. The van der Waals surface area contributed by atoms with Gasteiger partial charge in [-0.1, -0.05) is 13.8 Å². The van der Waals surface area contributed by atoms with Gasteiger partial charge in [0, 0.05) is 14.2 Å². The smallest absolute Gasteiger partial charge is 0.410 e. The molecule has 0 spiro atoms. The minimum absolute atomic E-state index is 0.105. The monoisotopic (exact) mass is 263 g/mol. The molecule has 0 fully saturated rings. The number of carbonyl (C=O) groups is 1. The van der Waals surface area contributed by atoms with Crippen LogP contribution >= 0.6 is 0 Å². The first-order valence-corrected chi connectivity index (χ1v) is 6.11. The van der Waals surface area contributed by atoms with Crippen LogP contribution in [0.2, 0.25) is 0 Å². The van der Waals surface area contributed by atoms with Crippen molar-refractivity contribution < 1.29 is 24.1 Å². The van der Waals surface area contributed by atoms with Crippen LogP contribution in [-0.4, -0.2) is 62.4 Å². The SMILES string of the molecule is CCOC(=O)N(CC(OC)OC)C(CO)C(C)C. The Morgan fingerprint density at radius 1 is 1.28 bits per heavy atom. The van der Waals surface area contributed by atoms with Crippen LogP contribution < -0.4 is 0 Å². The van der Waals surface area contributed by atoms with Gasteiger partial charge >= 0.3 is 6.09 Å². The van der Waals surface area contributed by atoms with Crippen molar-refractivity contribution in [2.45, 2.75) is 33.1 Å². The molecule has 6 heteroatoms. The third-order valence-corrected chi connectivity index (χ3v) is 2.73. The summed E-state index contributed by atoms with van der Waals surface area (Å²) in [7, 11) is 3.00. The summed E-state index contributed by atoms with van der Waals surface area (Å²) in [6.07, 6.45) is -1.01. The lowest BCUT2D eigenvalue weighted by Crippen LogP contribution is -2.49. The Morgan fingerprint density at radius 3 is 2.17 bits per heavy atom. The second-order valence-electron chi connectivity index (χ2n) is 4.25. The zero-order valence-electron chi connectivity index (χ0n) is 11.9. The van der Waals surface area contributed by atoms with Crippen molar-refractivity contribution in [1.82, 2.24) is 4.90 Å². The van der Waals surface area contributed by atoms with Gasteiger partial charge in [0.05, 0.1) is 25.8 Å². The first-order chi connectivity index (χ1) is 8.51. The standard InChI is InChI=1S/C12H25NO5/c1-6-18-12(15)13(7-11(16-4)17-5)10(8-14)9(2)3/h9-11,14H,6-8H2,1-5H3. The van der Waals surface area contributed by atoms with Crippen molar-refractivity contribution in [2.75, 3.05) is 34.0 Å². The van der Waals surface area contributed by atoms with E-state index in [2.05, 4.69) is 0 Å². The molecule has 108 valence electrons. The molecule has 6 nitrogen and oxygen atoms in total. The maximum Gasteiger partial charge on any atom is 0.410 e. The zero-order chi connectivity index (χ0) is 14.1. The predicted octanol–water partition coefficient (Wildman–Crippen LogP) is 1.08. The number of aliphatic hydroxyl groups is 1. The first kappa shape index (κ1) is 17.2. The van der Waals surface area contributed by atoms with E-state index in [1.165, 1.54) is 19.1 Å². The summed E-state index contributed by atoms with van der Waals surface area (Å²) < 4.78 is 15.2. The molecule has 0 aliphatic rings. The van der Waals surface area contributed by atoms with E-state index in [0.29, 0.717) is 0 Å². The lowest BCUT2D eigenvalue weighted by molar-refractivity contribution is -0.120. The van der Waals surface area contributed by atoms with Gasteiger partial charge in [-0.3, -0.25) is 4.90 Å². The normalized spacial score (nSPS) is 12.9. The maximum atomic E-state index is 11.9. The highest BCUT2D eigenvalue weighted by Crippen LogP contribution is 2.13. The molecule has 1 unspecified atom stereocenters. The number of hydrogen-bond acceptors (Lipinski definition) is 5. The minimum Gasteiger partial charge on any atom is -0.450 e. The second kappa shape index (κ2) is 9.13. The van der Waals surface area contributed by atoms with E-state index in [-0.39, 0.29) is 31.7 Å². The molecule has 1 amide bonds. The van der Waals surface area contributed by atoms with Crippen LogP contribution in [0.1, 0.15) is 20.8 Å². The molecular weight excluding hydrogens is 238 g/mol.